The molecule has 1 atom stereocenters. The molecule has 0 aliphatic heterocycles. The zero-order valence-corrected chi connectivity index (χ0v) is 9.12. The van der Waals surface area contributed by atoms with Crippen LogP contribution in [0.4, 0.5) is 0 Å². The van der Waals surface area contributed by atoms with Crippen LogP contribution in [0.15, 0.2) is 11.6 Å². The zero-order valence-electron chi connectivity index (χ0n) is 9.12. The summed E-state index contributed by atoms with van der Waals surface area (Å²) in [7, 11) is 0. The lowest BCUT2D eigenvalue weighted by molar-refractivity contribution is -0.131. The summed E-state index contributed by atoms with van der Waals surface area (Å²) >= 11 is 0. The van der Waals surface area contributed by atoms with E-state index in [2.05, 4.69) is 6.92 Å². The molecule has 1 unspecified atom stereocenters. The van der Waals surface area contributed by atoms with Crippen LogP contribution in [0.5, 0.6) is 0 Å². The first-order valence-corrected chi connectivity index (χ1v) is 5.52. The Morgan fingerprint density at radius 3 is 2.43 bits per heavy atom. The van der Waals surface area contributed by atoms with E-state index in [1.54, 1.807) is 0 Å². The third-order valence-corrected chi connectivity index (χ3v) is 3.43. The SMILES string of the molecule is C/C(=C/C(=O)O)C(C)C1CCCCC1. The third-order valence-electron chi connectivity index (χ3n) is 3.43. The zero-order chi connectivity index (χ0) is 10.6. The molecule has 2 nitrogen and oxygen atoms in total. The molecule has 1 fully saturated rings. The summed E-state index contributed by atoms with van der Waals surface area (Å²) in [6, 6.07) is 0. The predicted octanol–water partition coefficient (Wildman–Crippen LogP) is 3.23. The van der Waals surface area contributed by atoms with Crippen LogP contribution in [0.3, 0.4) is 0 Å². The third kappa shape index (κ3) is 3.17. The number of carboxylic acid groups (broad SMARTS) is 1. The fraction of sp³-hybridized carbons (Fsp3) is 0.750. The summed E-state index contributed by atoms with van der Waals surface area (Å²) in [6.45, 7) is 4.10. The molecule has 1 aliphatic carbocycles. The Morgan fingerprint density at radius 2 is 1.93 bits per heavy atom. The molecule has 0 aromatic heterocycles. The Kier molecular flexibility index (Phi) is 4.18. The summed E-state index contributed by atoms with van der Waals surface area (Å²) < 4.78 is 0. The number of rotatable bonds is 3. The van der Waals surface area contributed by atoms with Gasteiger partial charge in [0, 0.05) is 6.08 Å². The van der Waals surface area contributed by atoms with Gasteiger partial charge in [-0.1, -0.05) is 31.8 Å². The highest BCUT2D eigenvalue weighted by atomic mass is 16.4. The van der Waals surface area contributed by atoms with Crippen LogP contribution in [-0.4, -0.2) is 11.1 Å². The second-order valence-electron chi connectivity index (χ2n) is 4.41. The van der Waals surface area contributed by atoms with Crippen molar-refractivity contribution in [3.8, 4) is 0 Å². The molecule has 0 spiro atoms. The molecule has 1 aliphatic rings. The van der Waals surface area contributed by atoms with E-state index in [1.165, 1.54) is 38.2 Å². The van der Waals surface area contributed by atoms with Gasteiger partial charge in [0.05, 0.1) is 0 Å². The molecule has 80 valence electrons. The average molecular weight is 196 g/mol. The quantitative estimate of drug-likeness (QED) is 0.703. The van der Waals surface area contributed by atoms with Crippen molar-refractivity contribution in [2.45, 2.75) is 46.0 Å². The van der Waals surface area contributed by atoms with E-state index >= 15 is 0 Å². The highest BCUT2D eigenvalue weighted by Crippen LogP contribution is 2.33. The van der Waals surface area contributed by atoms with Crippen molar-refractivity contribution in [1.82, 2.24) is 0 Å². The maximum Gasteiger partial charge on any atom is 0.328 e. The Labute approximate surface area is 86.0 Å². The fourth-order valence-corrected chi connectivity index (χ4v) is 2.33. The van der Waals surface area contributed by atoms with Gasteiger partial charge in [0.2, 0.25) is 0 Å². The highest BCUT2D eigenvalue weighted by Gasteiger charge is 2.21. The molecule has 0 saturated heterocycles. The summed E-state index contributed by atoms with van der Waals surface area (Å²) in [4.78, 5) is 10.5. The molecule has 0 aromatic rings. The number of carboxylic acids is 1. The molecule has 0 amide bonds. The van der Waals surface area contributed by atoms with Crippen molar-refractivity contribution in [2.24, 2.45) is 11.8 Å². The molecule has 1 N–H and O–H groups in total. The molecule has 2 heteroatoms. The Morgan fingerprint density at radius 1 is 1.36 bits per heavy atom. The second kappa shape index (κ2) is 5.18. The second-order valence-corrected chi connectivity index (χ2v) is 4.41. The van der Waals surface area contributed by atoms with Crippen molar-refractivity contribution >= 4 is 5.97 Å². The Balaban J connectivity index is 2.54. The minimum absolute atomic E-state index is 0.436. The topological polar surface area (TPSA) is 37.3 Å². The van der Waals surface area contributed by atoms with E-state index in [1.807, 2.05) is 6.92 Å². The van der Waals surface area contributed by atoms with Gasteiger partial charge < -0.3 is 5.11 Å². The van der Waals surface area contributed by atoms with Crippen LogP contribution < -0.4 is 0 Å². The molecule has 14 heavy (non-hydrogen) atoms. The minimum atomic E-state index is -0.815. The monoisotopic (exact) mass is 196 g/mol. The molecule has 0 aromatic carbocycles. The summed E-state index contributed by atoms with van der Waals surface area (Å²) in [5.74, 6) is 0.330. The van der Waals surface area contributed by atoms with Gasteiger partial charge in [0.25, 0.3) is 0 Å². The molecular formula is C12H20O2. The number of aliphatic carboxylic acids is 1. The molecule has 1 saturated carbocycles. The van der Waals surface area contributed by atoms with Crippen LogP contribution in [0.2, 0.25) is 0 Å². The average Bonchev–Trinajstić information content (AvgIpc) is 2.17. The van der Waals surface area contributed by atoms with Crippen LogP contribution in [0, 0.1) is 11.8 Å². The van der Waals surface area contributed by atoms with Gasteiger partial charge in [0.1, 0.15) is 0 Å². The number of hydrogen-bond donors (Lipinski definition) is 1. The Hall–Kier alpha value is -0.790. The van der Waals surface area contributed by atoms with E-state index < -0.39 is 5.97 Å². The number of hydrogen-bond acceptors (Lipinski definition) is 1. The fourth-order valence-electron chi connectivity index (χ4n) is 2.33. The lowest BCUT2D eigenvalue weighted by atomic mass is 9.78. The van der Waals surface area contributed by atoms with Crippen LogP contribution in [-0.2, 0) is 4.79 Å². The molecular weight excluding hydrogens is 176 g/mol. The smallest absolute Gasteiger partial charge is 0.328 e. The maximum absolute atomic E-state index is 10.5. The highest BCUT2D eigenvalue weighted by molar-refractivity contribution is 5.80. The van der Waals surface area contributed by atoms with E-state index in [0.29, 0.717) is 11.8 Å². The molecule has 0 heterocycles. The van der Waals surface area contributed by atoms with Crippen LogP contribution >= 0.6 is 0 Å². The normalized spacial score (nSPS) is 22.0. The van der Waals surface area contributed by atoms with Gasteiger partial charge in [-0.2, -0.15) is 0 Å². The van der Waals surface area contributed by atoms with Crippen LogP contribution in [0.25, 0.3) is 0 Å². The minimum Gasteiger partial charge on any atom is -0.478 e. The van der Waals surface area contributed by atoms with Crippen molar-refractivity contribution in [3.63, 3.8) is 0 Å². The van der Waals surface area contributed by atoms with E-state index in [0.717, 1.165) is 5.57 Å². The first kappa shape index (κ1) is 11.3. The maximum atomic E-state index is 10.5. The van der Waals surface area contributed by atoms with Gasteiger partial charge in [0.15, 0.2) is 0 Å². The van der Waals surface area contributed by atoms with Gasteiger partial charge >= 0.3 is 5.97 Å². The summed E-state index contributed by atoms with van der Waals surface area (Å²) in [6.07, 6.45) is 7.88. The number of carbonyl (C=O) groups is 1. The largest absolute Gasteiger partial charge is 0.478 e. The van der Waals surface area contributed by atoms with E-state index in [9.17, 15) is 4.79 Å². The van der Waals surface area contributed by atoms with Gasteiger partial charge in [-0.25, -0.2) is 4.79 Å². The standard InChI is InChI=1S/C12H20O2/c1-9(8-12(13)14)10(2)11-6-4-3-5-7-11/h8,10-11H,3-7H2,1-2H3,(H,13,14)/b9-8-. The van der Waals surface area contributed by atoms with Gasteiger partial charge in [-0.05, 0) is 31.6 Å². The van der Waals surface area contributed by atoms with E-state index in [4.69, 9.17) is 5.11 Å². The first-order valence-electron chi connectivity index (χ1n) is 5.52. The Bertz CT molecular complexity index is 224. The first-order chi connectivity index (χ1) is 6.61. The van der Waals surface area contributed by atoms with E-state index in [-0.39, 0.29) is 0 Å². The lowest BCUT2D eigenvalue weighted by Crippen LogP contribution is -2.16. The van der Waals surface area contributed by atoms with Crippen molar-refractivity contribution in [2.75, 3.05) is 0 Å². The van der Waals surface area contributed by atoms with Crippen molar-refractivity contribution in [3.05, 3.63) is 11.6 Å². The lowest BCUT2D eigenvalue weighted by Gasteiger charge is -2.28. The summed E-state index contributed by atoms with van der Waals surface area (Å²) in [5, 5.41) is 8.65. The molecule has 0 bridgehead atoms. The molecule has 0 radical (unpaired) electrons. The summed E-state index contributed by atoms with van der Waals surface area (Å²) in [5.41, 5.74) is 1.02. The van der Waals surface area contributed by atoms with Gasteiger partial charge in [-0.15, -0.1) is 0 Å². The van der Waals surface area contributed by atoms with Crippen molar-refractivity contribution in [1.29, 1.82) is 0 Å². The predicted molar refractivity (Wildman–Crippen MR) is 57.1 cm³/mol. The van der Waals surface area contributed by atoms with Gasteiger partial charge in [-0.3, -0.25) is 0 Å². The van der Waals surface area contributed by atoms with Crippen molar-refractivity contribution < 1.29 is 9.90 Å². The number of allylic oxidation sites excluding steroid dienone is 1. The molecule has 1 rings (SSSR count). The van der Waals surface area contributed by atoms with Crippen LogP contribution in [0.1, 0.15) is 46.0 Å².